The minimum absolute atomic E-state index is 0.0423. The van der Waals surface area contributed by atoms with Crippen LogP contribution < -0.4 is 5.32 Å². The second-order valence-electron chi connectivity index (χ2n) is 2.19. The summed E-state index contributed by atoms with van der Waals surface area (Å²) in [6.45, 7) is 0. The molecule has 0 radical (unpaired) electrons. The van der Waals surface area contributed by atoms with Crippen molar-refractivity contribution in [2.75, 3.05) is 7.05 Å². The zero-order chi connectivity index (χ0) is 7.56. The van der Waals surface area contributed by atoms with Crippen LogP contribution >= 0.6 is 0 Å². The minimum Gasteiger partial charge on any atom is -0.393 e. The molecule has 0 unspecified atom stereocenters. The van der Waals surface area contributed by atoms with E-state index in [2.05, 4.69) is 5.32 Å². The Morgan fingerprint density at radius 2 is 1.80 bits per heavy atom. The lowest BCUT2D eigenvalue weighted by Crippen LogP contribution is -2.05. The fourth-order valence-electron chi connectivity index (χ4n) is 0.957. The maximum Gasteiger partial charge on any atom is 0.168 e. The quantitative estimate of drug-likeness (QED) is 0.411. The molecular formula is C7H9NO2. The van der Waals surface area contributed by atoms with Gasteiger partial charge in [-0.1, -0.05) is 0 Å². The van der Waals surface area contributed by atoms with Gasteiger partial charge in [-0.25, -0.2) is 0 Å². The van der Waals surface area contributed by atoms with Gasteiger partial charge in [-0.3, -0.25) is 9.59 Å². The normalized spacial score (nSPS) is 17.9. The Bertz CT molecular complexity index is 188. The molecule has 0 aliphatic heterocycles. The molecule has 3 heteroatoms. The summed E-state index contributed by atoms with van der Waals surface area (Å²) in [6, 6.07) is 0. The number of allylic oxidation sites excluding steroid dienone is 1. The molecular weight excluding hydrogens is 130 g/mol. The standard InChI is InChI=1S/C7H9NO2/c1-8-4-5-6(9)2-3-7(5)10/h4,8H,2-3H2,1H3. The van der Waals surface area contributed by atoms with Crippen LogP contribution in [0.2, 0.25) is 0 Å². The average Bonchev–Trinajstić information content (AvgIpc) is 2.20. The van der Waals surface area contributed by atoms with Crippen LogP contribution in [0.25, 0.3) is 0 Å². The number of carbonyl (C=O) groups excluding carboxylic acids is 2. The first-order valence-electron chi connectivity index (χ1n) is 3.19. The molecule has 1 rings (SSSR count). The smallest absolute Gasteiger partial charge is 0.168 e. The first kappa shape index (κ1) is 6.99. The molecule has 0 bridgehead atoms. The summed E-state index contributed by atoms with van der Waals surface area (Å²) in [7, 11) is 1.67. The average molecular weight is 139 g/mol. The molecule has 1 aliphatic carbocycles. The van der Waals surface area contributed by atoms with E-state index in [0.717, 1.165) is 0 Å². The second-order valence-corrected chi connectivity index (χ2v) is 2.19. The molecule has 0 aromatic rings. The molecule has 1 fully saturated rings. The van der Waals surface area contributed by atoms with Crippen molar-refractivity contribution in [2.24, 2.45) is 0 Å². The van der Waals surface area contributed by atoms with Gasteiger partial charge in [-0.2, -0.15) is 0 Å². The van der Waals surface area contributed by atoms with Gasteiger partial charge >= 0.3 is 0 Å². The van der Waals surface area contributed by atoms with Gasteiger partial charge in [0.1, 0.15) is 0 Å². The molecule has 1 saturated carbocycles. The molecule has 0 heterocycles. The lowest BCUT2D eigenvalue weighted by Gasteiger charge is -1.90. The molecule has 0 saturated heterocycles. The Morgan fingerprint density at radius 1 is 1.30 bits per heavy atom. The molecule has 1 aliphatic rings. The van der Waals surface area contributed by atoms with E-state index in [1.165, 1.54) is 6.20 Å². The molecule has 0 atom stereocenters. The number of carbonyl (C=O) groups is 2. The van der Waals surface area contributed by atoms with Crippen LogP contribution in [0.3, 0.4) is 0 Å². The van der Waals surface area contributed by atoms with E-state index in [4.69, 9.17) is 0 Å². The molecule has 0 spiro atoms. The Morgan fingerprint density at radius 3 is 2.20 bits per heavy atom. The first-order valence-corrected chi connectivity index (χ1v) is 3.19. The van der Waals surface area contributed by atoms with E-state index in [1.54, 1.807) is 7.05 Å². The molecule has 10 heavy (non-hydrogen) atoms. The van der Waals surface area contributed by atoms with Gasteiger partial charge in [0.2, 0.25) is 0 Å². The number of Topliss-reactive ketones (excluding diaryl/α,β-unsaturated/α-hetero) is 2. The number of hydrogen-bond acceptors (Lipinski definition) is 3. The van der Waals surface area contributed by atoms with Crippen molar-refractivity contribution in [2.45, 2.75) is 12.8 Å². The third kappa shape index (κ3) is 1.07. The van der Waals surface area contributed by atoms with Crippen LogP contribution in [-0.2, 0) is 9.59 Å². The number of ketones is 2. The van der Waals surface area contributed by atoms with Crippen molar-refractivity contribution in [3.63, 3.8) is 0 Å². The monoisotopic (exact) mass is 139 g/mol. The summed E-state index contributed by atoms with van der Waals surface area (Å²) in [5.74, 6) is -0.0845. The van der Waals surface area contributed by atoms with Crippen LogP contribution in [0.5, 0.6) is 0 Å². The third-order valence-electron chi connectivity index (χ3n) is 1.47. The predicted molar refractivity (Wildman–Crippen MR) is 36.4 cm³/mol. The number of hydrogen-bond donors (Lipinski definition) is 1. The van der Waals surface area contributed by atoms with Crippen molar-refractivity contribution < 1.29 is 9.59 Å². The summed E-state index contributed by atoms with van der Waals surface area (Å²) in [5.41, 5.74) is 0.322. The van der Waals surface area contributed by atoms with E-state index in [9.17, 15) is 9.59 Å². The van der Waals surface area contributed by atoms with Gasteiger partial charge in [0.05, 0.1) is 5.57 Å². The van der Waals surface area contributed by atoms with E-state index in [0.29, 0.717) is 18.4 Å². The van der Waals surface area contributed by atoms with Gasteiger partial charge in [-0.15, -0.1) is 0 Å². The predicted octanol–water partition coefficient (Wildman–Crippen LogP) is 0.0217. The first-order chi connectivity index (χ1) is 4.75. The summed E-state index contributed by atoms with van der Waals surface area (Å²) < 4.78 is 0. The van der Waals surface area contributed by atoms with Crippen molar-refractivity contribution in [1.29, 1.82) is 0 Å². The fraction of sp³-hybridized carbons (Fsp3) is 0.429. The van der Waals surface area contributed by atoms with Crippen molar-refractivity contribution in [3.05, 3.63) is 11.8 Å². The minimum atomic E-state index is -0.0423. The Kier molecular flexibility index (Phi) is 1.85. The Balaban J connectivity index is 2.82. The van der Waals surface area contributed by atoms with Crippen molar-refractivity contribution >= 4 is 11.6 Å². The van der Waals surface area contributed by atoms with Crippen LogP contribution in [0.4, 0.5) is 0 Å². The zero-order valence-electron chi connectivity index (χ0n) is 5.81. The molecule has 54 valence electrons. The van der Waals surface area contributed by atoms with Crippen LogP contribution in [0, 0.1) is 0 Å². The van der Waals surface area contributed by atoms with Crippen LogP contribution in [-0.4, -0.2) is 18.6 Å². The summed E-state index contributed by atoms with van der Waals surface area (Å²) in [6.07, 6.45) is 2.23. The molecule has 1 N–H and O–H groups in total. The third-order valence-corrected chi connectivity index (χ3v) is 1.47. The summed E-state index contributed by atoms with van der Waals surface area (Å²) in [4.78, 5) is 21.7. The fourth-order valence-corrected chi connectivity index (χ4v) is 0.957. The molecule has 0 aromatic carbocycles. The molecule has 3 nitrogen and oxygen atoms in total. The van der Waals surface area contributed by atoms with Crippen molar-refractivity contribution in [3.8, 4) is 0 Å². The highest BCUT2D eigenvalue weighted by molar-refractivity contribution is 6.25. The highest BCUT2D eigenvalue weighted by Gasteiger charge is 2.25. The highest BCUT2D eigenvalue weighted by atomic mass is 16.2. The van der Waals surface area contributed by atoms with Crippen LogP contribution in [0.1, 0.15) is 12.8 Å². The maximum atomic E-state index is 10.8. The SMILES string of the molecule is CNC=C1C(=O)CCC1=O. The van der Waals surface area contributed by atoms with Crippen molar-refractivity contribution in [1.82, 2.24) is 5.32 Å². The molecule has 0 aromatic heterocycles. The van der Waals surface area contributed by atoms with E-state index >= 15 is 0 Å². The van der Waals surface area contributed by atoms with E-state index < -0.39 is 0 Å². The largest absolute Gasteiger partial charge is 0.393 e. The van der Waals surface area contributed by atoms with Gasteiger partial charge in [0.15, 0.2) is 11.6 Å². The highest BCUT2D eigenvalue weighted by Crippen LogP contribution is 2.15. The van der Waals surface area contributed by atoms with Gasteiger partial charge < -0.3 is 5.32 Å². The Labute approximate surface area is 59.1 Å². The van der Waals surface area contributed by atoms with E-state index in [-0.39, 0.29) is 11.6 Å². The Hall–Kier alpha value is -1.12. The van der Waals surface area contributed by atoms with Gasteiger partial charge in [0, 0.05) is 26.1 Å². The lowest BCUT2D eigenvalue weighted by atomic mass is 10.2. The zero-order valence-corrected chi connectivity index (χ0v) is 5.81. The molecule has 0 amide bonds. The van der Waals surface area contributed by atoms with Crippen LogP contribution in [0.15, 0.2) is 11.8 Å². The lowest BCUT2D eigenvalue weighted by molar-refractivity contribution is -0.116. The van der Waals surface area contributed by atoms with E-state index in [1.807, 2.05) is 0 Å². The summed E-state index contributed by atoms with van der Waals surface area (Å²) in [5, 5.41) is 2.67. The number of rotatable bonds is 1. The topological polar surface area (TPSA) is 46.2 Å². The maximum absolute atomic E-state index is 10.8. The second kappa shape index (κ2) is 2.64. The summed E-state index contributed by atoms with van der Waals surface area (Å²) >= 11 is 0. The van der Waals surface area contributed by atoms with Gasteiger partial charge in [-0.05, 0) is 0 Å². The number of nitrogens with one attached hydrogen (secondary N) is 1. The van der Waals surface area contributed by atoms with Gasteiger partial charge in [0.25, 0.3) is 0 Å².